The van der Waals surface area contributed by atoms with E-state index in [2.05, 4.69) is 24.8 Å². The monoisotopic (exact) mass is 701 g/mol. The number of methoxy groups -OCH3 is 1. The number of rotatable bonds is 5. The van der Waals surface area contributed by atoms with Crippen molar-refractivity contribution in [1.82, 2.24) is 30.1 Å². The number of halogens is 2. The number of aromatic nitrogens is 3. The third-order valence-corrected chi connectivity index (χ3v) is 11.7. The molecule has 0 aliphatic carbocycles. The Bertz CT molecular complexity index is 1860. The number of nitrogens with one attached hydrogen (secondary N) is 1. The first-order valence-electron chi connectivity index (χ1n) is 18.2. The summed E-state index contributed by atoms with van der Waals surface area (Å²) in [7, 11) is 1.43. The Morgan fingerprint density at radius 3 is 2.42 bits per heavy atom. The summed E-state index contributed by atoms with van der Waals surface area (Å²) in [6.45, 7) is 6.15. The zero-order valence-electron chi connectivity index (χ0n) is 28.7. The van der Waals surface area contributed by atoms with Crippen molar-refractivity contribution in [3.8, 4) is 17.3 Å². The molecule has 2 aromatic carbocycles. The molecule has 264 valence electrons. The molecular formula is C38H45ClFN7O3. The highest BCUT2D eigenvalue weighted by Gasteiger charge is 2.45. The molecule has 2 atom stereocenters. The first-order chi connectivity index (χ1) is 24.4. The van der Waals surface area contributed by atoms with E-state index < -0.39 is 5.82 Å². The van der Waals surface area contributed by atoms with Crippen LogP contribution in [0.15, 0.2) is 42.6 Å². The number of fused-ring (bicyclic) bond motifs is 5. The summed E-state index contributed by atoms with van der Waals surface area (Å²) in [4.78, 5) is 31.7. The third-order valence-electron chi connectivity index (χ3n) is 11.3. The summed E-state index contributed by atoms with van der Waals surface area (Å²) < 4.78 is 27.5. The van der Waals surface area contributed by atoms with Gasteiger partial charge in [0.15, 0.2) is 5.82 Å². The molecule has 1 amide bonds. The number of benzene rings is 2. The molecule has 7 heterocycles. The summed E-state index contributed by atoms with van der Waals surface area (Å²) in [5.41, 5.74) is 1.18. The quantitative estimate of drug-likeness (QED) is 0.240. The zero-order chi connectivity index (χ0) is 34.2. The van der Waals surface area contributed by atoms with Gasteiger partial charge < -0.3 is 24.6 Å². The molecule has 9 rings (SSSR count). The maximum absolute atomic E-state index is 16.6. The van der Waals surface area contributed by atoms with Crippen LogP contribution in [0, 0.1) is 5.82 Å². The van der Waals surface area contributed by atoms with Crippen LogP contribution in [-0.2, 0) is 4.74 Å². The van der Waals surface area contributed by atoms with Crippen LogP contribution in [0.5, 0.6) is 6.01 Å². The van der Waals surface area contributed by atoms with E-state index in [-0.39, 0.29) is 28.9 Å². The maximum Gasteiger partial charge on any atom is 0.409 e. The molecule has 0 radical (unpaired) electrons. The van der Waals surface area contributed by atoms with Gasteiger partial charge in [-0.1, -0.05) is 41.9 Å². The molecule has 5 saturated heterocycles. The molecule has 50 heavy (non-hydrogen) atoms. The van der Waals surface area contributed by atoms with E-state index in [1.807, 2.05) is 36.4 Å². The third kappa shape index (κ3) is 6.32. The lowest BCUT2D eigenvalue weighted by molar-refractivity contribution is 0.108. The Morgan fingerprint density at radius 1 is 0.980 bits per heavy atom. The number of hydrogen-bond acceptors (Lipinski definition) is 9. The van der Waals surface area contributed by atoms with Gasteiger partial charge in [-0.15, -0.1) is 0 Å². The van der Waals surface area contributed by atoms with Crippen molar-refractivity contribution in [2.24, 2.45) is 0 Å². The fourth-order valence-electron chi connectivity index (χ4n) is 8.84. The summed E-state index contributed by atoms with van der Waals surface area (Å²) in [5.74, 6) is 0.234. The van der Waals surface area contributed by atoms with Crippen molar-refractivity contribution in [2.45, 2.75) is 75.4 Å². The largest absolute Gasteiger partial charge is 0.461 e. The predicted octanol–water partition coefficient (Wildman–Crippen LogP) is 6.82. The van der Waals surface area contributed by atoms with E-state index >= 15 is 4.39 Å². The van der Waals surface area contributed by atoms with Crippen LogP contribution in [0.2, 0.25) is 5.02 Å². The predicted molar refractivity (Wildman–Crippen MR) is 193 cm³/mol. The second-order valence-electron chi connectivity index (χ2n) is 14.4. The number of pyridine rings is 1. The number of piperazine rings is 1. The number of nitrogens with zero attached hydrogens (tertiary/aromatic N) is 6. The molecule has 2 bridgehead atoms. The number of carbonyl (C=O) groups is 1. The van der Waals surface area contributed by atoms with Gasteiger partial charge in [-0.25, -0.2) is 9.18 Å². The first-order valence-corrected chi connectivity index (χ1v) is 18.6. The number of ether oxygens (including phenoxy) is 2. The number of hydrogen-bond donors (Lipinski definition) is 1. The fraction of sp³-hybridized carbons (Fsp3) is 0.526. The smallest absolute Gasteiger partial charge is 0.409 e. The molecule has 5 aliphatic heterocycles. The molecule has 0 spiro atoms. The minimum absolute atomic E-state index is 0.0499. The first kappa shape index (κ1) is 33.3. The summed E-state index contributed by atoms with van der Waals surface area (Å²) in [5, 5.41) is 6.58. The highest BCUT2D eigenvalue weighted by Crippen LogP contribution is 2.41. The molecule has 12 heteroatoms. The lowest BCUT2D eigenvalue weighted by Crippen LogP contribution is -2.51. The van der Waals surface area contributed by atoms with Crippen molar-refractivity contribution in [2.75, 3.05) is 57.9 Å². The maximum atomic E-state index is 16.6. The summed E-state index contributed by atoms with van der Waals surface area (Å²) in [6.07, 6.45) is 11.9. The van der Waals surface area contributed by atoms with Crippen molar-refractivity contribution in [3.63, 3.8) is 0 Å². The second-order valence-corrected chi connectivity index (χ2v) is 14.8. The van der Waals surface area contributed by atoms with Crippen LogP contribution < -0.4 is 15.0 Å². The van der Waals surface area contributed by atoms with Gasteiger partial charge in [0.05, 0.1) is 18.0 Å². The minimum Gasteiger partial charge on any atom is -0.461 e. The van der Waals surface area contributed by atoms with Gasteiger partial charge in [0.25, 0.3) is 0 Å². The zero-order valence-corrected chi connectivity index (χ0v) is 29.4. The Morgan fingerprint density at radius 2 is 1.70 bits per heavy atom. The Balaban J connectivity index is 0.000000313. The highest BCUT2D eigenvalue weighted by atomic mass is 35.5. The van der Waals surface area contributed by atoms with E-state index in [0.717, 1.165) is 88.6 Å². The van der Waals surface area contributed by atoms with Crippen LogP contribution in [-0.4, -0.2) is 101 Å². The number of likely N-dealkylation sites (tertiary alicyclic amines) is 1. The molecule has 0 saturated carbocycles. The molecule has 5 fully saturated rings. The average Bonchev–Trinajstić information content (AvgIpc) is 3.84. The van der Waals surface area contributed by atoms with E-state index in [1.165, 1.54) is 26.4 Å². The Hall–Kier alpha value is -3.80. The minimum atomic E-state index is -0.474. The van der Waals surface area contributed by atoms with Crippen molar-refractivity contribution < 1.29 is 18.7 Å². The van der Waals surface area contributed by atoms with Gasteiger partial charge in [0.2, 0.25) is 0 Å². The van der Waals surface area contributed by atoms with Crippen molar-refractivity contribution in [1.29, 1.82) is 0 Å². The molecule has 2 aromatic heterocycles. The number of amides is 1. The van der Waals surface area contributed by atoms with Crippen LogP contribution >= 0.6 is 11.6 Å². The topological polar surface area (TPSA) is 96.0 Å². The lowest BCUT2D eigenvalue weighted by atomic mass is 9.95. The SMILES string of the molecule is COC(=O)N1CCCCC1.Fc1c(-c2cccc3cccc(Cl)c23)ncc2c(N3CC4CCC(C3)N4)nc(OCC34CCCN3CCC4)nc12. The van der Waals surface area contributed by atoms with Crippen LogP contribution in [0.1, 0.15) is 57.8 Å². The van der Waals surface area contributed by atoms with E-state index in [4.69, 9.17) is 26.3 Å². The molecule has 5 aliphatic rings. The van der Waals surface area contributed by atoms with Gasteiger partial charge in [-0.05, 0) is 82.3 Å². The van der Waals surface area contributed by atoms with Crippen LogP contribution in [0.4, 0.5) is 15.0 Å². The molecule has 10 nitrogen and oxygen atoms in total. The number of anilines is 1. The number of piperidine rings is 1. The molecule has 4 aromatic rings. The van der Waals surface area contributed by atoms with Gasteiger partial charge in [0, 0.05) is 60.4 Å². The highest BCUT2D eigenvalue weighted by molar-refractivity contribution is 6.36. The van der Waals surface area contributed by atoms with Crippen LogP contribution in [0.25, 0.3) is 32.9 Å². The van der Waals surface area contributed by atoms with Crippen LogP contribution in [0.3, 0.4) is 0 Å². The average molecular weight is 702 g/mol. The number of carbonyl (C=O) groups excluding carboxylic acids is 1. The van der Waals surface area contributed by atoms with E-state index in [1.54, 1.807) is 11.1 Å². The van der Waals surface area contributed by atoms with Crippen molar-refractivity contribution in [3.05, 3.63) is 53.4 Å². The molecular weight excluding hydrogens is 657 g/mol. The lowest BCUT2D eigenvalue weighted by Gasteiger charge is -2.34. The second kappa shape index (κ2) is 14.1. The van der Waals surface area contributed by atoms with Crippen molar-refractivity contribution >= 4 is 45.2 Å². The van der Waals surface area contributed by atoms with E-state index in [9.17, 15) is 4.79 Å². The summed E-state index contributed by atoms with van der Waals surface area (Å²) in [6, 6.07) is 12.5. The molecule has 1 N–H and O–H groups in total. The summed E-state index contributed by atoms with van der Waals surface area (Å²) >= 11 is 6.60. The van der Waals surface area contributed by atoms with Gasteiger partial charge in [-0.2, -0.15) is 9.97 Å². The molecule has 2 unspecified atom stereocenters. The Kier molecular flexibility index (Phi) is 9.39. The normalized spacial score (nSPS) is 22.8. The Labute approximate surface area is 297 Å². The van der Waals surface area contributed by atoms with E-state index in [0.29, 0.717) is 40.5 Å². The van der Waals surface area contributed by atoms with Gasteiger partial charge in [-0.3, -0.25) is 9.88 Å². The van der Waals surface area contributed by atoms with Gasteiger partial charge in [0.1, 0.15) is 23.6 Å². The standard InChI is InChI=1S/C31H32ClFN6O.C7H13NO2/c32-24-8-2-6-19-5-1-7-22(25(19)24)27-26(33)28-23(15-34-27)29(38-16-20-9-10-21(17-38)35-20)37-30(36-28)40-18-31-11-3-13-39(31)14-4-12-31;1-10-7(9)8-5-3-2-4-6-8/h1-2,5-8,15,20-21,35H,3-4,9-14,16-18H2;2-6H2,1H3. The fourth-order valence-corrected chi connectivity index (χ4v) is 9.13. The van der Waals surface area contributed by atoms with Gasteiger partial charge >= 0.3 is 12.1 Å².